The maximum absolute atomic E-state index is 12.6. The van der Waals surface area contributed by atoms with Gasteiger partial charge in [-0.05, 0) is 40.0 Å². The SMILES string of the molecule is [2H]c1nc(NS(=O)(=O)NC([2H])([2H])CC)c(-c2ccc(Br)cc2)c(OCCOc2ncc(Br)cn2)n1. The number of rotatable bonds is 11. The average Bonchev–Trinajstić information content (AvgIpc) is 2.77. The van der Waals surface area contributed by atoms with Gasteiger partial charge in [-0.3, -0.25) is 4.72 Å². The van der Waals surface area contributed by atoms with Crippen LogP contribution in [0.15, 0.2) is 51.9 Å². The van der Waals surface area contributed by atoms with E-state index in [4.69, 9.17) is 13.6 Å². The van der Waals surface area contributed by atoms with Crippen molar-refractivity contribution in [3.8, 4) is 23.0 Å². The van der Waals surface area contributed by atoms with Crippen LogP contribution in [0, 0.1) is 0 Å². The molecule has 32 heavy (non-hydrogen) atoms. The van der Waals surface area contributed by atoms with Crippen molar-refractivity contribution in [2.24, 2.45) is 0 Å². The fraction of sp³-hybridized carbons (Fsp3) is 0.263. The molecule has 0 saturated carbocycles. The molecule has 0 spiro atoms. The number of hydrogen-bond donors (Lipinski definition) is 2. The standard InChI is InChI=1S/C19H20Br2N6O4S/c1-2-7-26-32(28,29)27-17-16(13-3-5-14(20)6-4-13)18(25-12-24-17)30-8-9-31-19-22-10-15(21)11-23-19/h3-6,10-12,26H,2,7-9H2,1H3,(H,24,25,27)/i7D2,12D. The van der Waals surface area contributed by atoms with Crippen LogP contribution < -0.4 is 18.9 Å². The summed E-state index contributed by atoms with van der Waals surface area (Å²) in [5, 5.41) is 0. The van der Waals surface area contributed by atoms with E-state index in [1.165, 1.54) is 19.3 Å². The largest absolute Gasteiger partial charge is 0.473 e. The summed E-state index contributed by atoms with van der Waals surface area (Å²) in [7, 11) is -4.40. The molecule has 0 unspecified atom stereocenters. The van der Waals surface area contributed by atoms with Gasteiger partial charge in [-0.15, -0.1) is 0 Å². The van der Waals surface area contributed by atoms with E-state index in [0.717, 1.165) is 4.47 Å². The van der Waals surface area contributed by atoms with E-state index in [0.29, 0.717) is 10.0 Å². The summed E-state index contributed by atoms with van der Waals surface area (Å²) < 4.78 is 65.3. The van der Waals surface area contributed by atoms with Gasteiger partial charge in [-0.25, -0.2) is 19.9 Å². The smallest absolute Gasteiger partial charge is 0.316 e. The Balaban J connectivity index is 1.89. The van der Waals surface area contributed by atoms with Crippen LogP contribution in [0.5, 0.6) is 11.9 Å². The molecule has 2 heterocycles. The van der Waals surface area contributed by atoms with Gasteiger partial charge in [0.15, 0.2) is 5.82 Å². The van der Waals surface area contributed by atoms with Crippen molar-refractivity contribution >= 4 is 47.9 Å². The predicted octanol–water partition coefficient (Wildman–Crippen LogP) is 3.57. The molecule has 0 saturated heterocycles. The zero-order chi connectivity index (χ0) is 25.6. The fourth-order valence-corrected chi connectivity index (χ4v) is 3.61. The van der Waals surface area contributed by atoms with E-state index in [2.05, 4.69) is 56.5 Å². The van der Waals surface area contributed by atoms with Crippen LogP contribution in [0.2, 0.25) is 0 Å². The Hall–Kier alpha value is -2.35. The highest BCUT2D eigenvalue weighted by Gasteiger charge is 2.19. The Kier molecular flexibility index (Phi) is 7.28. The van der Waals surface area contributed by atoms with Gasteiger partial charge in [0, 0.05) is 26.1 Å². The van der Waals surface area contributed by atoms with Gasteiger partial charge in [0.05, 0.1) is 10.0 Å². The highest BCUT2D eigenvalue weighted by Crippen LogP contribution is 2.34. The third-order valence-corrected chi connectivity index (χ3v) is 5.47. The lowest BCUT2D eigenvalue weighted by Gasteiger charge is -2.15. The first kappa shape index (κ1) is 20.3. The van der Waals surface area contributed by atoms with E-state index in [-0.39, 0.29) is 42.9 Å². The molecular formula is C19H20Br2N6O4S. The number of hydrogen-bond acceptors (Lipinski definition) is 8. The molecule has 3 rings (SSSR count). The van der Waals surface area contributed by atoms with Gasteiger partial charge in [-0.2, -0.15) is 13.1 Å². The Morgan fingerprint density at radius 3 is 2.41 bits per heavy atom. The van der Waals surface area contributed by atoms with Gasteiger partial charge in [-0.1, -0.05) is 35.0 Å². The van der Waals surface area contributed by atoms with Crippen molar-refractivity contribution in [2.45, 2.75) is 13.3 Å². The molecule has 1 aromatic carbocycles. The molecule has 10 nitrogen and oxygen atoms in total. The predicted molar refractivity (Wildman–Crippen MR) is 127 cm³/mol. The van der Waals surface area contributed by atoms with Crippen LogP contribution in [0.1, 0.15) is 17.5 Å². The van der Waals surface area contributed by atoms with Crippen LogP contribution in [-0.2, 0) is 10.2 Å². The molecule has 13 heteroatoms. The number of aromatic nitrogens is 4. The third-order valence-electron chi connectivity index (χ3n) is 3.66. The Morgan fingerprint density at radius 1 is 1.03 bits per heavy atom. The molecule has 0 bridgehead atoms. The zero-order valence-corrected chi connectivity index (χ0v) is 20.7. The summed E-state index contributed by atoms with van der Waals surface area (Å²) in [6.07, 6.45) is 2.45. The lowest BCUT2D eigenvalue weighted by Crippen LogP contribution is -2.31. The Labute approximate surface area is 206 Å². The minimum Gasteiger partial charge on any atom is -0.473 e. The van der Waals surface area contributed by atoms with Gasteiger partial charge in [0.2, 0.25) is 5.88 Å². The minimum absolute atomic E-state index is 0.0256. The Morgan fingerprint density at radius 2 is 1.72 bits per heavy atom. The monoisotopic (exact) mass is 589 g/mol. The van der Waals surface area contributed by atoms with Crippen LogP contribution in [-0.4, -0.2) is 48.1 Å². The molecule has 0 aliphatic rings. The topological polar surface area (TPSA) is 128 Å². The first-order valence-electron chi connectivity index (χ1n) is 10.7. The van der Waals surface area contributed by atoms with E-state index >= 15 is 0 Å². The van der Waals surface area contributed by atoms with Gasteiger partial charge in [0.1, 0.15) is 20.9 Å². The first-order chi connectivity index (χ1) is 16.5. The van der Waals surface area contributed by atoms with Gasteiger partial charge in [0.25, 0.3) is 10.2 Å². The van der Waals surface area contributed by atoms with Crippen molar-refractivity contribution in [1.82, 2.24) is 24.7 Å². The molecule has 0 amide bonds. The van der Waals surface area contributed by atoms with Crippen LogP contribution in [0.25, 0.3) is 11.1 Å². The summed E-state index contributed by atoms with van der Waals surface area (Å²) >= 11 is 6.58. The number of halogens is 2. The van der Waals surface area contributed by atoms with E-state index < -0.39 is 23.0 Å². The molecule has 0 fully saturated rings. The van der Waals surface area contributed by atoms with Crippen molar-refractivity contribution < 1.29 is 22.0 Å². The number of ether oxygens (including phenoxy) is 2. The van der Waals surface area contributed by atoms with Crippen LogP contribution in [0.3, 0.4) is 0 Å². The minimum atomic E-state index is -4.40. The maximum Gasteiger partial charge on any atom is 0.316 e. The van der Waals surface area contributed by atoms with Crippen molar-refractivity contribution in [2.75, 3.05) is 24.4 Å². The fourth-order valence-electron chi connectivity index (χ4n) is 2.35. The second-order valence-electron chi connectivity index (χ2n) is 5.98. The lowest BCUT2D eigenvalue weighted by molar-refractivity contribution is 0.202. The number of benzene rings is 1. The highest BCUT2D eigenvalue weighted by molar-refractivity contribution is 9.10. The second kappa shape index (κ2) is 11.5. The van der Waals surface area contributed by atoms with E-state index in [1.54, 1.807) is 24.3 Å². The second-order valence-corrected chi connectivity index (χ2v) is 9.22. The van der Waals surface area contributed by atoms with Crippen LogP contribution >= 0.6 is 31.9 Å². The summed E-state index contributed by atoms with van der Waals surface area (Å²) in [6.45, 7) is -0.678. The summed E-state index contributed by atoms with van der Waals surface area (Å²) in [5.41, 5.74) is 0.660. The molecule has 0 aliphatic carbocycles. The highest BCUT2D eigenvalue weighted by atomic mass is 79.9. The molecule has 2 N–H and O–H groups in total. The number of anilines is 1. The molecular weight excluding hydrogens is 568 g/mol. The quantitative estimate of drug-likeness (QED) is 0.324. The molecule has 0 atom stereocenters. The summed E-state index contributed by atoms with van der Waals surface area (Å²) in [4.78, 5) is 15.9. The van der Waals surface area contributed by atoms with Crippen molar-refractivity contribution in [1.29, 1.82) is 0 Å². The molecule has 0 radical (unpaired) electrons. The van der Waals surface area contributed by atoms with Crippen molar-refractivity contribution in [3.05, 3.63) is 51.9 Å². The normalized spacial score (nSPS) is 13.0. The third kappa shape index (κ3) is 7.08. The van der Waals surface area contributed by atoms with Gasteiger partial charge >= 0.3 is 6.01 Å². The maximum atomic E-state index is 12.6. The molecule has 3 aromatic rings. The van der Waals surface area contributed by atoms with Crippen molar-refractivity contribution in [3.63, 3.8) is 0 Å². The van der Waals surface area contributed by atoms with E-state index in [9.17, 15) is 8.42 Å². The summed E-state index contributed by atoms with van der Waals surface area (Å²) in [5.74, 6) is -0.317. The van der Waals surface area contributed by atoms with Gasteiger partial charge < -0.3 is 9.47 Å². The zero-order valence-electron chi connectivity index (χ0n) is 19.7. The van der Waals surface area contributed by atoms with Crippen LogP contribution in [0.4, 0.5) is 5.82 Å². The average molecular weight is 591 g/mol. The lowest BCUT2D eigenvalue weighted by atomic mass is 10.1. The number of nitrogens with zero attached hydrogens (tertiary/aromatic N) is 4. The number of nitrogens with one attached hydrogen (secondary N) is 2. The molecule has 0 aliphatic heterocycles. The summed E-state index contributed by atoms with van der Waals surface area (Å²) in [6, 6.07) is 6.96. The Bertz CT molecular complexity index is 1270. The van der Waals surface area contributed by atoms with E-state index in [1.807, 2.05) is 4.72 Å². The molecule has 2 aromatic heterocycles. The first-order valence-corrected chi connectivity index (χ1v) is 12.2. The molecule has 170 valence electrons.